The number of benzene rings is 2. The third kappa shape index (κ3) is 8.64. The van der Waals surface area contributed by atoms with E-state index in [9.17, 15) is 9.18 Å². The molecule has 0 radical (unpaired) electrons. The first-order valence-electron chi connectivity index (χ1n) is 9.89. The first-order chi connectivity index (χ1) is 14.0. The lowest BCUT2D eigenvalue weighted by Crippen LogP contribution is -2.38. The van der Waals surface area contributed by atoms with Gasteiger partial charge in [0.05, 0.1) is 6.54 Å². The van der Waals surface area contributed by atoms with E-state index in [1.165, 1.54) is 6.07 Å². The number of carbonyl (C=O) groups excluding carboxylic acids is 1. The molecule has 0 spiro atoms. The minimum absolute atomic E-state index is 0.0847. The molecule has 7 heteroatoms. The van der Waals surface area contributed by atoms with E-state index in [-0.39, 0.29) is 17.9 Å². The number of halogens is 1. The minimum atomic E-state index is -0.220. The summed E-state index contributed by atoms with van der Waals surface area (Å²) in [5, 5.41) is 12.1. The molecule has 0 saturated heterocycles. The maximum absolute atomic E-state index is 13.3. The van der Waals surface area contributed by atoms with Crippen LogP contribution in [0.4, 0.5) is 14.9 Å². The van der Waals surface area contributed by atoms with E-state index in [1.54, 1.807) is 12.1 Å². The van der Waals surface area contributed by atoms with E-state index in [1.807, 2.05) is 51.1 Å². The number of nitrogens with one attached hydrogen (secondary N) is 4. The monoisotopic (exact) mass is 399 g/mol. The molecule has 2 aromatic carbocycles. The highest BCUT2D eigenvalue weighted by atomic mass is 19.1. The molecule has 0 bridgehead atoms. The molecular formula is C22H30FN5O. The topological polar surface area (TPSA) is 77.5 Å². The van der Waals surface area contributed by atoms with Crippen molar-refractivity contribution >= 4 is 17.7 Å². The van der Waals surface area contributed by atoms with Crippen molar-refractivity contribution < 1.29 is 9.18 Å². The normalized spacial score (nSPS) is 11.3. The van der Waals surface area contributed by atoms with Gasteiger partial charge in [-0.3, -0.25) is 0 Å². The van der Waals surface area contributed by atoms with E-state index in [0.29, 0.717) is 25.5 Å². The number of amides is 2. The van der Waals surface area contributed by atoms with Crippen LogP contribution in [0.25, 0.3) is 0 Å². The molecule has 0 aliphatic rings. The van der Waals surface area contributed by atoms with Crippen LogP contribution in [0.1, 0.15) is 31.9 Å². The van der Waals surface area contributed by atoms with Crippen molar-refractivity contribution in [1.82, 2.24) is 16.0 Å². The zero-order valence-corrected chi connectivity index (χ0v) is 17.3. The first kappa shape index (κ1) is 22.2. The number of carbonyl (C=O) groups is 1. The summed E-state index contributed by atoms with van der Waals surface area (Å²) in [6.07, 6.45) is 0.709. The van der Waals surface area contributed by atoms with Crippen LogP contribution in [0, 0.1) is 5.82 Å². The Morgan fingerprint density at radius 2 is 1.83 bits per heavy atom. The van der Waals surface area contributed by atoms with Gasteiger partial charge in [-0.25, -0.2) is 14.2 Å². The largest absolute Gasteiger partial charge is 0.357 e. The molecule has 6 nitrogen and oxygen atoms in total. The SMILES string of the molecule is CCNC(=NCc1ccc(NC(=O)NC(C)C)cc1)NCCc1cccc(F)c1. The van der Waals surface area contributed by atoms with Gasteiger partial charge in [-0.1, -0.05) is 24.3 Å². The van der Waals surface area contributed by atoms with Gasteiger partial charge in [-0.15, -0.1) is 0 Å². The standard InChI is InChI=1S/C22H30FN5O/c1-4-24-21(25-13-12-17-6-5-7-19(23)14-17)26-15-18-8-10-20(11-9-18)28-22(29)27-16(2)3/h5-11,14,16H,4,12-13,15H2,1-3H3,(H2,24,25,26)(H2,27,28,29). The van der Waals surface area contributed by atoms with Crippen LogP contribution in [0.15, 0.2) is 53.5 Å². The number of hydrogen-bond acceptors (Lipinski definition) is 2. The van der Waals surface area contributed by atoms with Crippen molar-refractivity contribution in [3.63, 3.8) is 0 Å². The van der Waals surface area contributed by atoms with E-state index < -0.39 is 0 Å². The number of anilines is 1. The average Bonchev–Trinajstić information content (AvgIpc) is 2.66. The number of hydrogen-bond donors (Lipinski definition) is 4. The maximum Gasteiger partial charge on any atom is 0.319 e. The fourth-order valence-corrected chi connectivity index (χ4v) is 2.65. The van der Waals surface area contributed by atoms with Gasteiger partial charge < -0.3 is 21.3 Å². The summed E-state index contributed by atoms with van der Waals surface area (Å²) in [7, 11) is 0. The summed E-state index contributed by atoms with van der Waals surface area (Å²) in [6, 6.07) is 14.1. The molecule has 0 aliphatic carbocycles. The zero-order chi connectivity index (χ0) is 21.1. The van der Waals surface area contributed by atoms with Gasteiger partial charge >= 0.3 is 6.03 Å². The Morgan fingerprint density at radius 3 is 2.48 bits per heavy atom. The van der Waals surface area contributed by atoms with Gasteiger partial charge in [0.1, 0.15) is 5.82 Å². The zero-order valence-electron chi connectivity index (χ0n) is 17.3. The van der Waals surface area contributed by atoms with Crippen molar-refractivity contribution in [2.24, 2.45) is 4.99 Å². The van der Waals surface area contributed by atoms with Gasteiger partial charge in [0, 0.05) is 24.8 Å². The lowest BCUT2D eigenvalue weighted by atomic mass is 10.1. The summed E-state index contributed by atoms with van der Waals surface area (Å²) in [5.74, 6) is 0.491. The second kappa shape index (κ2) is 11.7. The lowest BCUT2D eigenvalue weighted by Gasteiger charge is -2.12. The summed E-state index contributed by atoms with van der Waals surface area (Å²) in [5.41, 5.74) is 2.70. The Kier molecular flexibility index (Phi) is 8.95. The molecule has 4 N–H and O–H groups in total. The Morgan fingerprint density at radius 1 is 1.07 bits per heavy atom. The highest BCUT2D eigenvalue weighted by Crippen LogP contribution is 2.10. The Labute approximate surface area is 172 Å². The predicted molar refractivity (Wildman–Crippen MR) is 117 cm³/mol. The predicted octanol–water partition coefficient (Wildman–Crippen LogP) is 3.65. The van der Waals surface area contributed by atoms with Gasteiger partial charge in [-0.2, -0.15) is 0 Å². The van der Waals surface area contributed by atoms with Crippen molar-refractivity contribution in [1.29, 1.82) is 0 Å². The summed E-state index contributed by atoms with van der Waals surface area (Å²) in [6.45, 7) is 7.74. The molecule has 0 aliphatic heterocycles. The molecular weight excluding hydrogens is 369 g/mol. The second-order valence-corrected chi connectivity index (χ2v) is 6.95. The van der Waals surface area contributed by atoms with Crippen LogP contribution in [-0.4, -0.2) is 31.1 Å². The molecule has 0 atom stereocenters. The summed E-state index contributed by atoms with van der Waals surface area (Å²) in [4.78, 5) is 16.3. The molecule has 2 amide bonds. The number of urea groups is 1. The molecule has 0 saturated carbocycles. The van der Waals surface area contributed by atoms with Crippen molar-refractivity contribution in [2.45, 2.75) is 39.8 Å². The summed E-state index contributed by atoms with van der Waals surface area (Å²) >= 11 is 0. The van der Waals surface area contributed by atoms with Crippen LogP contribution in [-0.2, 0) is 13.0 Å². The molecule has 29 heavy (non-hydrogen) atoms. The van der Waals surface area contributed by atoms with Crippen molar-refractivity contribution in [3.05, 3.63) is 65.5 Å². The van der Waals surface area contributed by atoms with E-state index in [0.717, 1.165) is 23.4 Å². The van der Waals surface area contributed by atoms with Gasteiger partial charge in [0.25, 0.3) is 0 Å². The Hall–Kier alpha value is -3.09. The molecule has 0 unspecified atom stereocenters. The maximum atomic E-state index is 13.3. The molecule has 2 rings (SSSR count). The third-order valence-electron chi connectivity index (χ3n) is 3.99. The lowest BCUT2D eigenvalue weighted by molar-refractivity contribution is 0.250. The highest BCUT2D eigenvalue weighted by Gasteiger charge is 2.03. The van der Waals surface area contributed by atoms with Crippen LogP contribution in [0.5, 0.6) is 0 Å². The Balaban J connectivity index is 1.86. The van der Waals surface area contributed by atoms with Crippen LogP contribution < -0.4 is 21.3 Å². The van der Waals surface area contributed by atoms with E-state index >= 15 is 0 Å². The number of aliphatic imine (C=N–C) groups is 1. The van der Waals surface area contributed by atoms with Gasteiger partial charge in [0.2, 0.25) is 0 Å². The number of guanidine groups is 1. The van der Waals surface area contributed by atoms with E-state index in [4.69, 9.17) is 0 Å². The highest BCUT2D eigenvalue weighted by molar-refractivity contribution is 5.89. The number of rotatable bonds is 8. The second-order valence-electron chi connectivity index (χ2n) is 6.95. The molecule has 156 valence electrons. The van der Waals surface area contributed by atoms with Gasteiger partial charge in [0.15, 0.2) is 5.96 Å². The van der Waals surface area contributed by atoms with Crippen molar-refractivity contribution in [2.75, 3.05) is 18.4 Å². The van der Waals surface area contributed by atoms with Crippen LogP contribution >= 0.6 is 0 Å². The summed E-state index contributed by atoms with van der Waals surface area (Å²) < 4.78 is 13.3. The van der Waals surface area contributed by atoms with Crippen LogP contribution in [0.3, 0.4) is 0 Å². The molecule has 0 aromatic heterocycles. The first-order valence-corrected chi connectivity index (χ1v) is 9.89. The molecule has 0 heterocycles. The van der Waals surface area contributed by atoms with E-state index in [2.05, 4.69) is 26.3 Å². The fraction of sp³-hybridized carbons (Fsp3) is 0.364. The average molecular weight is 400 g/mol. The Bertz CT molecular complexity index is 805. The number of nitrogens with zero attached hydrogens (tertiary/aromatic N) is 1. The van der Waals surface area contributed by atoms with Crippen LogP contribution in [0.2, 0.25) is 0 Å². The quantitative estimate of drug-likeness (QED) is 0.404. The molecule has 2 aromatic rings. The minimum Gasteiger partial charge on any atom is -0.357 e. The molecule has 0 fully saturated rings. The van der Waals surface area contributed by atoms with Crippen molar-refractivity contribution in [3.8, 4) is 0 Å². The van der Waals surface area contributed by atoms with Gasteiger partial charge in [-0.05, 0) is 62.6 Å². The smallest absolute Gasteiger partial charge is 0.319 e. The fourth-order valence-electron chi connectivity index (χ4n) is 2.65. The third-order valence-corrected chi connectivity index (χ3v) is 3.99.